The van der Waals surface area contributed by atoms with Crippen LogP contribution in [0.2, 0.25) is 4.34 Å². The highest BCUT2D eigenvalue weighted by Gasteiger charge is 2.28. The van der Waals surface area contributed by atoms with Crippen molar-refractivity contribution in [3.05, 3.63) is 33.8 Å². The van der Waals surface area contributed by atoms with E-state index >= 15 is 0 Å². The molecular weight excluding hydrogens is 332 g/mol. The number of aromatic nitrogens is 2. The molecule has 1 unspecified atom stereocenters. The van der Waals surface area contributed by atoms with Gasteiger partial charge >= 0.3 is 0 Å². The lowest BCUT2D eigenvalue weighted by molar-refractivity contribution is 0.597. The van der Waals surface area contributed by atoms with Crippen molar-refractivity contribution in [1.82, 2.24) is 9.59 Å². The molecule has 6 nitrogen and oxygen atoms in total. The highest BCUT2D eigenvalue weighted by Crippen LogP contribution is 2.35. The number of anilines is 1. The van der Waals surface area contributed by atoms with Crippen molar-refractivity contribution in [2.75, 3.05) is 4.90 Å². The van der Waals surface area contributed by atoms with E-state index in [4.69, 9.17) is 16.7 Å². The molecule has 1 aromatic heterocycles. The third-order valence-corrected chi connectivity index (χ3v) is 5.46. The minimum atomic E-state index is -3.68. The molecule has 1 aliphatic rings. The lowest BCUT2D eigenvalue weighted by Gasteiger charge is -2.23. The lowest BCUT2D eigenvalue weighted by Crippen LogP contribution is -2.28. The van der Waals surface area contributed by atoms with Crippen molar-refractivity contribution in [1.29, 1.82) is 0 Å². The van der Waals surface area contributed by atoms with Gasteiger partial charge < -0.3 is 4.90 Å². The van der Waals surface area contributed by atoms with Gasteiger partial charge in [0.25, 0.3) is 0 Å². The van der Waals surface area contributed by atoms with Crippen molar-refractivity contribution < 1.29 is 8.42 Å². The fourth-order valence-corrected chi connectivity index (χ4v) is 3.72. The Hall–Kier alpha value is -1.22. The van der Waals surface area contributed by atoms with Gasteiger partial charge in [0.2, 0.25) is 10.0 Å². The zero-order chi connectivity index (χ0) is 15.2. The Morgan fingerprint density at radius 3 is 2.90 bits per heavy atom. The molecule has 1 aliphatic heterocycles. The Kier molecular flexibility index (Phi) is 3.64. The van der Waals surface area contributed by atoms with Crippen molar-refractivity contribution in [3.8, 4) is 0 Å². The molecule has 9 heteroatoms. The van der Waals surface area contributed by atoms with Crippen LogP contribution in [0.15, 0.2) is 23.1 Å². The van der Waals surface area contributed by atoms with Crippen LogP contribution in [-0.4, -0.2) is 24.0 Å². The van der Waals surface area contributed by atoms with Gasteiger partial charge in [-0.25, -0.2) is 13.6 Å². The van der Waals surface area contributed by atoms with Crippen molar-refractivity contribution in [3.63, 3.8) is 0 Å². The SMILES string of the molecule is CC1Cc2cc(S(N)(=O)=O)ccc2N1Cc1nnsc1Cl. The number of nitrogens with two attached hydrogens (primary N) is 1. The first-order valence-corrected chi connectivity index (χ1v) is 8.95. The summed E-state index contributed by atoms with van der Waals surface area (Å²) in [5.41, 5.74) is 2.68. The van der Waals surface area contributed by atoms with Gasteiger partial charge in [-0.15, -0.1) is 5.10 Å². The summed E-state index contributed by atoms with van der Waals surface area (Å²) in [6, 6.07) is 5.18. The van der Waals surface area contributed by atoms with Gasteiger partial charge in [0, 0.05) is 23.3 Å². The Balaban J connectivity index is 1.95. The van der Waals surface area contributed by atoms with Gasteiger partial charge in [-0.2, -0.15) is 0 Å². The lowest BCUT2D eigenvalue weighted by atomic mass is 10.1. The first-order valence-electron chi connectivity index (χ1n) is 6.25. The van der Waals surface area contributed by atoms with Crippen molar-refractivity contribution in [2.45, 2.75) is 30.8 Å². The Labute approximate surface area is 131 Å². The molecule has 0 bridgehead atoms. The molecule has 0 radical (unpaired) electrons. The van der Waals surface area contributed by atoms with Crippen molar-refractivity contribution >= 4 is 38.8 Å². The largest absolute Gasteiger partial charge is 0.362 e. The van der Waals surface area contributed by atoms with E-state index in [1.807, 2.05) is 0 Å². The smallest absolute Gasteiger partial charge is 0.238 e. The monoisotopic (exact) mass is 344 g/mol. The summed E-state index contributed by atoms with van der Waals surface area (Å²) in [6.45, 7) is 2.63. The number of fused-ring (bicyclic) bond motifs is 1. The summed E-state index contributed by atoms with van der Waals surface area (Å²) in [4.78, 5) is 2.29. The van der Waals surface area contributed by atoms with E-state index < -0.39 is 10.0 Å². The van der Waals surface area contributed by atoms with Crippen LogP contribution in [0.1, 0.15) is 18.2 Å². The molecule has 0 saturated heterocycles. The Bertz CT molecular complexity index is 790. The maximum absolute atomic E-state index is 11.4. The summed E-state index contributed by atoms with van der Waals surface area (Å²) < 4.78 is 27.3. The average molecular weight is 345 g/mol. The second-order valence-electron chi connectivity index (χ2n) is 5.01. The second kappa shape index (κ2) is 5.20. The predicted octanol–water partition coefficient (Wildman–Crippen LogP) is 1.79. The summed E-state index contributed by atoms with van der Waals surface area (Å²) in [5.74, 6) is 0. The molecule has 0 saturated carbocycles. The number of sulfonamides is 1. The normalized spacial score (nSPS) is 18.0. The van der Waals surface area contributed by atoms with Gasteiger partial charge in [0.05, 0.1) is 11.4 Å². The standard InChI is InChI=1S/C12H13ClN4O2S2/c1-7-4-8-5-9(21(14,18)19)2-3-11(8)17(7)6-10-12(13)20-16-15-10/h2-3,5,7H,4,6H2,1H3,(H2,14,18,19). The quantitative estimate of drug-likeness (QED) is 0.916. The maximum Gasteiger partial charge on any atom is 0.238 e. The summed E-state index contributed by atoms with van der Waals surface area (Å²) >= 11 is 7.21. The van der Waals surface area contributed by atoms with E-state index in [9.17, 15) is 8.42 Å². The van der Waals surface area contributed by atoms with Crippen LogP contribution in [0.5, 0.6) is 0 Å². The third-order valence-electron chi connectivity index (χ3n) is 3.57. The second-order valence-corrected chi connectivity index (χ2v) is 7.93. The number of primary sulfonamides is 1. The molecule has 0 fully saturated rings. The van der Waals surface area contributed by atoms with Crippen LogP contribution in [0.3, 0.4) is 0 Å². The number of hydrogen-bond acceptors (Lipinski definition) is 6. The molecule has 2 N–H and O–H groups in total. The van der Waals surface area contributed by atoms with Crippen LogP contribution in [-0.2, 0) is 23.0 Å². The summed E-state index contributed by atoms with van der Waals surface area (Å²) in [5, 5.41) is 9.20. The first kappa shape index (κ1) is 14.7. The molecule has 2 heterocycles. The number of benzene rings is 1. The highest BCUT2D eigenvalue weighted by atomic mass is 35.5. The average Bonchev–Trinajstić information content (AvgIpc) is 2.93. The van der Waals surface area contributed by atoms with Crippen LogP contribution >= 0.6 is 23.1 Å². The molecular formula is C12H13ClN4O2S2. The zero-order valence-electron chi connectivity index (χ0n) is 11.2. The third kappa shape index (κ3) is 2.76. The molecule has 0 aliphatic carbocycles. The molecule has 112 valence electrons. The van der Waals surface area contributed by atoms with Crippen LogP contribution in [0.25, 0.3) is 0 Å². The minimum Gasteiger partial charge on any atom is -0.362 e. The Morgan fingerprint density at radius 2 is 2.29 bits per heavy atom. The van der Waals surface area contributed by atoms with E-state index in [0.29, 0.717) is 10.9 Å². The zero-order valence-corrected chi connectivity index (χ0v) is 13.5. The number of halogens is 1. The van der Waals surface area contributed by atoms with Gasteiger partial charge in [0.1, 0.15) is 10.0 Å². The highest BCUT2D eigenvalue weighted by molar-refractivity contribution is 7.89. The van der Waals surface area contributed by atoms with Crippen LogP contribution < -0.4 is 10.0 Å². The van der Waals surface area contributed by atoms with E-state index in [2.05, 4.69) is 21.4 Å². The molecule has 1 aromatic carbocycles. The van der Waals surface area contributed by atoms with Gasteiger partial charge in [-0.3, -0.25) is 0 Å². The molecule has 0 spiro atoms. The molecule has 1 atom stereocenters. The van der Waals surface area contributed by atoms with Gasteiger partial charge in [-0.05, 0) is 37.1 Å². The Morgan fingerprint density at radius 1 is 1.52 bits per heavy atom. The molecule has 0 amide bonds. The summed E-state index contributed by atoms with van der Waals surface area (Å²) in [6.07, 6.45) is 0.758. The maximum atomic E-state index is 11.4. The fraction of sp³-hybridized carbons (Fsp3) is 0.333. The van der Waals surface area contributed by atoms with E-state index in [-0.39, 0.29) is 10.9 Å². The molecule has 2 aromatic rings. The number of rotatable bonds is 3. The predicted molar refractivity (Wildman–Crippen MR) is 82.1 cm³/mol. The first-order chi connectivity index (χ1) is 9.86. The van der Waals surface area contributed by atoms with Crippen LogP contribution in [0.4, 0.5) is 5.69 Å². The minimum absolute atomic E-state index is 0.142. The molecule has 3 rings (SSSR count). The summed E-state index contributed by atoms with van der Waals surface area (Å²) in [7, 11) is -3.68. The van der Waals surface area contributed by atoms with Crippen LogP contribution in [0, 0.1) is 0 Å². The number of nitrogens with zero attached hydrogens (tertiary/aromatic N) is 3. The van der Waals surface area contributed by atoms with Gasteiger partial charge in [-0.1, -0.05) is 16.1 Å². The van der Waals surface area contributed by atoms with E-state index in [1.54, 1.807) is 12.1 Å². The number of hydrogen-bond donors (Lipinski definition) is 1. The topological polar surface area (TPSA) is 89.2 Å². The fourth-order valence-electron chi connectivity index (χ4n) is 2.54. The molecule has 21 heavy (non-hydrogen) atoms. The van der Waals surface area contributed by atoms with Crippen molar-refractivity contribution in [2.24, 2.45) is 5.14 Å². The van der Waals surface area contributed by atoms with E-state index in [1.165, 1.54) is 6.07 Å². The van der Waals surface area contributed by atoms with Gasteiger partial charge in [0.15, 0.2) is 0 Å². The van der Waals surface area contributed by atoms with E-state index in [0.717, 1.165) is 34.9 Å².